The van der Waals surface area contributed by atoms with Crippen LogP contribution in [0.3, 0.4) is 0 Å². The number of carboxylic acid groups (broad SMARTS) is 1. The average Bonchev–Trinajstić information content (AvgIpc) is 3.39. The highest BCUT2D eigenvalue weighted by atomic mass is 32.2. The molecule has 0 fully saturated rings. The molecule has 0 spiro atoms. The lowest BCUT2D eigenvalue weighted by atomic mass is 9.71. The van der Waals surface area contributed by atoms with E-state index in [4.69, 9.17) is 5.11 Å². The van der Waals surface area contributed by atoms with Gasteiger partial charge in [-0.3, -0.25) is 19.2 Å². The zero-order chi connectivity index (χ0) is 29.8. The molecule has 0 aliphatic heterocycles. The van der Waals surface area contributed by atoms with Crippen LogP contribution in [0.1, 0.15) is 91.9 Å². The number of esters is 1. The molecule has 9 nitrogen and oxygen atoms in total. The summed E-state index contributed by atoms with van der Waals surface area (Å²) in [5.74, 6) is -2.00. The average molecular weight is 605 g/mol. The maximum atomic E-state index is 13.6. The minimum Gasteiger partial charge on any atom is -0.481 e. The quantitative estimate of drug-likeness (QED) is 0.131. The Kier molecular flexibility index (Phi) is 13.3. The van der Waals surface area contributed by atoms with Gasteiger partial charge < -0.3 is 19.8 Å². The molecule has 1 aliphatic rings. The third kappa shape index (κ3) is 9.93. The molecule has 1 heterocycles. The maximum Gasteiger partial charge on any atom is 0.311 e. The third-order valence-electron chi connectivity index (χ3n) is 7.52. The lowest BCUT2D eigenvalue weighted by molar-refractivity contribution is -0.140. The Labute approximate surface area is 249 Å². The number of hydrogen-bond donors (Lipinski definition) is 2. The smallest absolute Gasteiger partial charge is 0.311 e. The Hall–Kier alpha value is -2.76. The summed E-state index contributed by atoms with van der Waals surface area (Å²) in [5.41, 5.74) is 1.72. The molecule has 1 aliphatic carbocycles. The highest BCUT2D eigenvalue weighted by Crippen LogP contribution is 2.41. The number of carbonyl (C=O) groups is 4. The first-order valence-corrected chi connectivity index (χ1v) is 15.9. The molecular formula is C30H40N2O7S2. The van der Waals surface area contributed by atoms with E-state index in [1.807, 2.05) is 12.1 Å². The number of carboxylic acids is 1. The number of hydrogen-bond acceptors (Lipinski definition) is 9. The first kappa shape index (κ1) is 32.8. The summed E-state index contributed by atoms with van der Waals surface area (Å²) in [6.45, 7) is 0.192. The number of aliphatic hydroxyl groups excluding tert-OH is 1. The van der Waals surface area contributed by atoms with Crippen molar-refractivity contribution in [3.63, 3.8) is 0 Å². The van der Waals surface area contributed by atoms with E-state index in [-0.39, 0.29) is 36.3 Å². The van der Waals surface area contributed by atoms with E-state index in [2.05, 4.69) is 9.72 Å². The number of amides is 1. The minimum atomic E-state index is -0.779. The second kappa shape index (κ2) is 16.6. The van der Waals surface area contributed by atoms with Crippen molar-refractivity contribution >= 4 is 46.1 Å². The van der Waals surface area contributed by atoms with Crippen LogP contribution in [0.25, 0.3) is 0 Å². The summed E-state index contributed by atoms with van der Waals surface area (Å²) < 4.78 is 5.18. The summed E-state index contributed by atoms with van der Waals surface area (Å²) in [5, 5.41) is 21.5. The highest BCUT2D eigenvalue weighted by Gasteiger charge is 2.41. The van der Waals surface area contributed by atoms with Crippen LogP contribution < -0.4 is 0 Å². The minimum absolute atomic E-state index is 0.0416. The van der Waals surface area contributed by atoms with Crippen LogP contribution in [0.4, 0.5) is 4.79 Å². The Morgan fingerprint density at radius 2 is 1.71 bits per heavy atom. The molecule has 2 N–H and O–H groups in total. The molecule has 0 radical (unpaired) electrons. The topological polar surface area (TPSA) is 134 Å². The number of thiazole rings is 1. The van der Waals surface area contributed by atoms with Gasteiger partial charge in [-0.05, 0) is 18.4 Å². The van der Waals surface area contributed by atoms with Gasteiger partial charge in [-0.15, -0.1) is 11.3 Å². The highest BCUT2D eigenvalue weighted by molar-refractivity contribution is 8.14. The van der Waals surface area contributed by atoms with E-state index in [9.17, 15) is 24.3 Å². The van der Waals surface area contributed by atoms with E-state index in [0.29, 0.717) is 27.6 Å². The van der Waals surface area contributed by atoms with E-state index in [0.717, 1.165) is 63.1 Å². The Bertz CT molecular complexity index is 1190. The molecule has 41 heavy (non-hydrogen) atoms. The summed E-state index contributed by atoms with van der Waals surface area (Å²) in [7, 11) is 2.97. The van der Waals surface area contributed by atoms with Gasteiger partial charge in [-0.1, -0.05) is 69.2 Å². The van der Waals surface area contributed by atoms with E-state index in [1.165, 1.54) is 23.3 Å². The number of aliphatic hydroxyl groups is 1. The van der Waals surface area contributed by atoms with Crippen molar-refractivity contribution in [1.82, 2.24) is 9.88 Å². The summed E-state index contributed by atoms with van der Waals surface area (Å²) in [4.78, 5) is 54.6. The summed E-state index contributed by atoms with van der Waals surface area (Å²) in [6.07, 6.45) is 7.95. The molecule has 3 atom stereocenters. The third-order valence-corrected chi connectivity index (χ3v) is 9.50. The van der Waals surface area contributed by atoms with E-state index < -0.39 is 24.0 Å². The number of nitrogens with zero attached hydrogens (tertiary/aromatic N) is 2. The molecule has 1 amide bonds. The van der Waals surface area contributed by atoms with Crippen LogP contribution in [-0.2, 0) is 20.7 Å². The van der Waals surface area contributed by atoms with E-state index in [1.54, 1.807) is 24.6 Å². The van der Waals surface area contributed by atoms with Crippen molar-refractivity contribution in [2.45, 2.75) is 81.1 Å². The Morgan fingerprint density at radius 1 is 1.05 bits per heavy atom. The normalized spacial score (nSPS) is 18.1. The largest absolute Gasteiger partial charge is 0.481 e. The molecule has 3 rings (SSSR count). The number of benzene rings is 1. The number of rotatable bonds is 16. The first-order chi connectivity index (χ1) is 19.7. The van der Waals surface area contributed by atoms with Crippen LogP contribution in [0.2, 0.25) is 0 Å². The molecule has 1 aromatic heterocycles. The van der Waals surface area contributed by atoms with Gasteiger partial charge in [0, 0.05) is 54.6 Å². The summed E-state index contributed by atoms with van der Waals surface area (Å²) >= 11 is 2.24. The fourth-order valence-corrected chi connectivity index (χ4v) is 6.91. The molecule has 224 valence electrons. The van der Waals surface area contributed by atoms with Gasteiger partial charge in [-0.2, -0.15) is 0 Å². The number of unbranched alkanes of at least 4 members (excludes halogenated alkanes) is 7. The number of aliphatic carboxylic acids is 1. The van der Waals surface area contributed by atoms with Gasteiger partial charge in [0.1, 0.15) is 0 Å². The van der Waals surface area contributed by atoms with Crippen LogP contribution in [-0.4, -0.2) is 63.8 Å². The molecule has 0 saturated heterocycles. The zero-order valence-corrected chi connectivity index (χ0v) is 25.4. The second-order valence-electron chi connectivity index (χ2n) is 10.5. The van der Waals surface area contributed by atoms with Crippen molar-refractivity contribution in [3.05, 3.63) is 46.5 Å². The standard InChI is InChI=1S/C30H40N2O7S2/c1-32(30(38)41-29-31-20(19-40-29)17-26(35)39-2)18-24-23(27(36)21-14-11-12-15-22(21)28(24)37)13-9-7-5-3-4-6-8-10-16-25(33)34/h11-12,14-15,19,23-24,27,36H,3-10,13,16-18H2,1-2H3,(H,33,34). The predicted molar refractivity (Wildman–Crippen MR) is 158 cm³/mol. The fourth-order valence-electron chi connectivity index (χ4n) is 5.28. The molecule has 0 bridgehead atoms. The molecular weight excluding hydrogens is 564 g/mol. The lowest BCUT2D eigenvalue weighted by Crippen LogP contribution is -2.42. The number of methoxy groups -OCH3 is 1. The van der Waals surface area contributed by atoms with Crippen LogP contribution in [0, 0.1) is 11.8 Å². The Morgan fingerprint density at radius 3 is 2.39 bits per heavy atom. The van der Waals surface area contributed by atoms with Crippen molar-refractivity contribution in [2.24, 2.45) is 11.8 Å². The van der Waals surface area contributed by atoms with Crippen LogP contribution in [0.15, 0.2) is 34.0 Å². The van der Waals surface area contributed by atoms with Crippen molar-refractivity contribution in [3.8, 4) is 0 Å². The number of thioether (sulfide) groups is 1. The summed E-state index contributed by atoms with van der Waals surface area (Å²) in [6, 6.07) is 7.18. The van der Waals surface area contributed by atoms with Crippen LogP contribution in [0.5, 0.6) is 0 Å². The molecule has 0 saturated carbocycles. The number of ether oxygens (including phenoxy) is 1. The van der Waals surface area contributed by atoms with Gasteiger partial charge in [0.05, 0.1) is 25.3 Å². The predicted octanol–water partition coefficient (Wildman–Crippen LogP) is 6.15. The fraction of sp³-hybridized carbons (Fsp3) is 0.567. The van der Waals surface area contributed by atoms with Crippen molar-refractivity contribution in [2.75, 3.05) is 20.7 Å². The number of ketones is 1. The monoisotopic (exact) mass is 604 g/mol. The second-order valence-corrected chi connectivity index (χ2v) is 12.6. The van der Waals surface area contributed by atoms with Gasteiger partial charge >= 0.3 is 11.9 Å². The van der Waals surface area contributed by atoms with Gasteiger partial charge in [0.2, 0.25) is 0 Å². The SMILES string of the molecule is COC(=O)Cc1csc(SC(=O)N(C)CC2C(=O)c3ccccc3C(O)C2CCCCCCCCCCC(=O)O)n1. The van der Waals surface area contributed by atoms with Gasteiger partial charge in [-0.25, -0.2) is 4.98 Å². The lowest BCUT2D eigenvalue weighted by Gasteiger charge is -2.37. The van der Waals surface area contributed by atoms with Crippen molar-refractivity contribution in [1.29, 1.82) is 0 Å². The van der Waals surface area contributed by atoms with Gasteiger partial charge in [0.25, 0.3) is 5.24 Å². The van der Waals surface area contributed by atoms with Gasteiger partial charge in [0.15, 0.2) is 10.1 Å². The zero-order valence-electron chi connectivity index (χ0n) is 23.8. The number of aromatic nitrogens is 1. The molecule has 1 aromatic carbocycles. The Balaban J connectivity index is 1.55. The van der Waals surface area contributed by atoms with E-state index >= 15 is 0 Å². The molecule has 2 aromatic rings. The number of carbonyl (C=O) groups excluding carboxylic acids is 3. The number of fused-ring (bicyclic) bond motifs is 1. The van der Waals surface area contributed by atoms with Crippen molar-refractivity contribution < 1.29 is 34.1 Å². The molecule has 3 unspecified atom stereocenters. The number of Topliss-reactive ketones (excluding diaryl/α,β-unsaturated/α-hetero) is 1. The molecule has 11 heteroatoms. The first-order valence-electron chi connectivity index (χ1n) is 14.2. The maximum absolute atomic E-state index is 13.6. The van der Waals surface area contributed by atoms with Crippen LogP contribution >= 0.6 is 23.1 Å².